The van der Waals surface area contributed by atoms with Gasteiger partial charge in [0, 0.05) is 12.4 Å². The molecule has 1 atom stereocenters. The van der Waals surface area contributed by atoms with Crippen molar-refractivity contribution in [2.75, 3.05) is 7.11 Å². The van der Waals surface area contributed by atoms with E-state index in [4.69, 9.17) is 4.74 Å². The van der Waals surface area contributed by atoms with Gasteiger partial charge in [0.25, 0.3) is 0 Å². The van der Waals surface area contributed by atoms with Crippen LogP contribution in [0.15, 0.2) is 12.4 Å². The molecule has 0 fully saturated rings. The van der Waals surface area contributed by atoms with Gasteiger partial charge in [0.2, 0.25) is 5.88 Å². The molecule has 0 amide bonds. The average molecular weight is 194 g/mol. The Morgan fingerprint density at radius 3 is 2.71 bits per heavy atom. The zero-order valence-electron chi connectivity index (χ0n) is 9.16. The molecule has 1 unspecified atom stereocenters. The summed E-state index contributed by atoms with van der Waals surface area (Å²) < 4.78 is 5.14. The van der Waals surface area contributed by atoms with E-state index in [0.29, 0.717) is 5.88 Å². The van der Waals surface area contributed by atoms with Gasteiger partial charge in [-0.15, -0.1) is 0 Å². The van der Waals surface area contributed by atoms with Crippen molar-refractivity contribution in [2.45, 2.75) is 33.1 Å². The summed E-state index contributed by atoms with van der Waals surface area (Å²) in [5, 5.41) is 0. The summed E-state index contributed by atoms with van der Waals surface area (Å²) in [5.41, 5.74) is 0.968. The fraction of sp³-hybridized carbons (Fsp3) is 0.636. The van der Waals surface area contributed by atoms with Crippen LogP contribution in [0.5, 0.6) is 5.88 Å². The summed E-state index contributed by atoms with van der Waals surface area (Å²) >= 11 is 0. The fourth-order valence-corrected chi connectivity index (χ4v) is 1.28. The number of aryl methyl sites for hydroxylation is 1. The van der Waals surface area contributed by atoms with Crippen molar-refractivity contribution in [2.24, 2.45) is 5.92 Å². The van der Waals surface area contributed by atoms with Crippen LogP contribution in [0.1, 0.15) is 32.4 Å². The minimum Gasteiger partial charge on any atom is -0.480 e. The quantitative estimate of drug-likeness (QED) is 0.722. The molecule has 0 radical (unpaired) electrons. The van der Waals surface area contributed by atoms with Gasteiger partial charge >= 0.3 is 0 Å². The van der Waals surface area contributed by atoms with Gasteiger partial charge in [-0.1, -0.05) is 20.3 Å². The van der Waals surface area contributed by atoms with Gasteiger partial charge in [-0.05, 0) is 18.8 Å². The number of rotatable bonds is 5. The first-order valence-corrected chi connectivity index (χ1v) is 5.11. The molecule has 0 aliphatic rings. The van der Waals surface area contributed by atoms with E-state index in [2.05, 4.69) is 23.8 Å². The number of ether oxygens (including phenoxy) is 1. The molecular weight excluding hydrogens is 176 g/mol. The first-order chi connectivity index (χ1) is 6.77. The van der Waals surface area contributed by atoms with E-state index in [9.17, 15) is 0 Å². The minimum absolute atomic E-state index is 0.663. The summed E-state index contributed by atoms with van der Waals surface area (Å²) in [6, 6.07) is 0. The number of hydrogen-bond donors (Lipinski definition) is 0. The lowest BCUT2D eigenvalue weighted by Crippen LogP contribution is -2.01. The van der Waals surface area contributed by atoms with Gasteiger partial charge in [-0.3, -0.25) is 4.98 Å². The molecule has 3 heteroatoms. The molecule has 1 heterocycles. The highest BCUT2D eigenvalue weighted by atomic mass is 16.5. The van der Waals surface area contributed by atoms with Crippen molar-refractivity contribution in [1.82, 2.24) is 9.97 Å². The van der Waals surface area contributed by atoms with E-state index in [0.717, 1.165) is 24.5 Å². The monoisotopic (exact) mass is 194 g/mol. The van der Waals surface area contributed by atoms with E-state index < -0.39 is 0 Å². The second kappa shape index (κ2) is 5.58. The van der Waals surface area contributed by atoms with Crippen LogP contribution >= 0.6 is 0 Å². The molecular formula is C11H18N2O. The number of methoxy groups -OCH3 is 1. The highest BCUT2D eigenvalue weighted by molar-refractivity contribution is 5.16. The maximum atomic E-state index is 5.14. The van der Waals surface area contributed by atoms with Crippen LogP contribution < -0.4 is 4.74 Å². The number of nitrogens with zero attached hydrogens (tertiary/aromatic N) is 2. The van der Waals surface area contributed by atoms with Crippen molar-refractivity contribution >= 4 is 0 Å². The summed E-state index contributed by atoms with van der Waals surface area (Å²) in [6.07, 6.45) is 6.68. The van der Waals surface area contributed by atoms with Crippen LogP contribution in [0, 0.1) is 5.92 Å². The Kier molecular flexibility index (Phi) is 4.36. The zero-order valence-corrected chi connectivity index (χ0v) is 9.16. The molecule has 0 aliphatic carbocycles. The highest BCUT2D eigenvalue weighted by Crippen LogP contribution is 2.16. The van der Waals surface area contributed by atoms with Crippen molar-refractivity contribution < 1.29 is 4.74 Å². The largest absolute Gasteiger partial charge is 0.480 e. The lowest BCUT2D eigenvalue weighted by atomic mass is 10.0. The van der Waals surface area contributed by atoms with Crippen LogP contribution in [-0.2, 0) is 6.42 Å². The molecule has 78 valence electrons. The molecule has 0 saturated heterocycles. The normalized spacial score (nSPS) is 12.5. The Hall–Kier alpha value is -1.12. The Labute approximate surface area is 85.5 Å². The van der Waals surface area contributed by atoms with Gasteiger partial charge in [0.1, 0.15) is 5.69 Å². The Morgan fingerprint density at radius 1 is 1.36 bits per heavy atom. The number of hydrogen-bond acceptors (Lipinski definition) is 3. The SMILES string of the molecule is CCC(C)CCc1nccnc1OC. The molecule has 0 aromatic carbocycles. The molecule has 3 nitrogen and oxygen atoms in total. The predicted octanol–water partition coefficient (Wildman–Crippen LogP) is 2.46. The van der Waals surface area contributed by atoms with Crippen molar-refractivity contribution in [1.29, 1.82) is 0 Å². The Morgan fingerprint density at radius 2 is 2.07 bits per heavy atom. The molecule has 0 bridgehead atoms. The van der Waals surface area contributed by atoms with Crippen LogP contribution in [0.3, 0.4) is 0 Å². The molecule has 1 aromatic heterocycles. The Balaban J connectivity index is 2.57. The molecule has 0 aliphatic heterocycles. The minimum atomic E-state index is 0.663. The third kappa shape index (κ3) is 2.98. The van der Waals surface area contributed by atoms with Gasteiger partial charge in [0.05, 0.1) is 7.11 Å². The fourth-order valence-electron chi connectivity index (χ4n) is 1.28. The smallest absolute Gasteiger partial charge is 0.235 e. The van der Waals surface area contributed by atoms with Crippen molar-refractivity contribution in [3.05, 3.63) is 18.1 Å². The molecule has 0 spiro atoms. The van der Waals surface area contributed by atoms with Gasteiger partial charge < -0.3 is 4.74 Å². The molecule has 0 saturated carbocycles. The Bertz CT molecular complexity index is 276. The van der Waals surface area contributed by atoms with Gasteiger partial charge in [-0.2, -0.15) is 0 Å². The number of aromatic nitrogens is 2. The zero-order chi connectivity index (χ0) is 10.4. The van der Waals surface area contributed by atoms with E-state index >= 15 is 0 Å². The molecule has 14 heavy (non-hydrogen) atoms. The van der Waals surface area contributed by atoms with Crippen molar-refractivity contribution in [3.63, 3.8) is 0 Å². The second-order valence-corrected chi connectivity index (χ2v) is 3.56. The van der Waals surface area contributed by atoms with Gasteiger partial charge in [0.15, 0.2) is 0 Å². The highest BCUT2D eigenvalue weighted by Gasteiger charge is 2.06. The van der Waals surface area contributed by atoms with E-state index in [1.807, 2.05) is 0 Å². The summed E-state index contributed by atoms with van der Waals surface area (Å²) in [6.45, 7) is 4.46. The second-order valence-electron chi connectivity index (χ2n) is 3.56. The lowest BCUT2D eigenvalue weighted by molar-refractivity contribution is 0.385. The van der Waals surface area contributed by atoms with E-state index in [1.54, 1.807) is 19.5 Å². The maximum absolute atomic E-state index is 5.14. The first-order valence-electron chi connectivity index (χ1n) is 5.11. The standard InChI is InChI=1S/C11H18N2O/c1-4-9(2)5-6-10-11(14-3)13-8-7-12-10/h7-9H,4-6H2,1-3H3. The molecule has 1 aromatic rings. The summed E-state index contributed by atoms with van der Waals surface area (Å²) in [7, 11) is 1.64. The lowest BCUT2D eigenvalue weighted by Gasteiger charge is -2.09. The van der Waals surface area contributed by atoms with Crippen LogP contribution in [0.2, 0.25) is 0 Å². The average Bonchev–Trinajstić information content (AvgIpc) is 2.26. The van der Waals surface area contributed by atoms with Crippen molar-refractivity contribution in [3.8, 4) is 5.88 Å². The third-order valence-corrected chi connectivity index (χ3v) is 2.50. The third-order valence-electron chi connectivity index (χ3n) is 2.50. The van der Waals surface area contributed by atoms with E-state index in [1.165, 1.54) is 6.42 Å². The van der Waals surface area contributed by atoms with Gasteiger partial charge in [-0.25, -0.2) is 4.98 Å². The first kappa shape index (κ1) is 11.0. The van der Waals surface area contributed by atoms with Crippen LogP contribution in [-0.4, -0.2) is 17.1 Å². The summed E-state index contributed by atoms with van der Waals surface area (Å²) in [5.74, 6) is 1.40. The summed E-state index contributed by atoms with van der Waals surface area (Å²) in [4.78, 5) is 8.38. The maximum Gasteiger partial charge on any atom is 0.235 e. The topological polar surface area (TPSA) is 35.0 Å². The van der Waals surface area contributed by atoms with Crippen LogP contribution in [0.4, 0.5) is 0 Å². The van der Waals surface area contributed by atoms with E-state index in [-0.39, 0.29) is 0 Å². The predicted molar refractivity (Wildman–Crippen MR) is 56.4 cm³/mol. The molecule has 0 N–H and O–H groups in total. The van der Waals surface area contributed by atoms with Crippen LogP contribution in [0.25, 0.3) is 0 Å². The molecule has 1 rings (SSSR count).